The van der Waals surface area contributed by atoms with Gasteiger partial charge >= 0.3 is 5.97 Å². The molecule has 2 aliphatic rings. The Morgan fingerprint density at radius 1 is 1.33 bits per heavy atom. The minimum atomic E-state index is -0.643. The number of likely N-dealkylation sites (tertiary alicyclic amines) is 1. The van der Waals surface area contributed by atoms with Crippen LogP contribution in [0.4, 0.5) is 0 Å². The number of carboxylic acid groups (broad SMARTS) is 1. The summed E-state index contributed by atoms with van der Waals surface area (Å²) in [5.41, 5.74) is 0. The Kier molecular flexibility index (Phi) is 4.87. The van der Waals surface area contributed by atoms with Gasteiger partial charge in [0, 0.05) is 24.5 Å². The number of carbonyl (C=O) groups is 1. The maximum Gasteiger partial charge on any atom is 0.306 e. The van der Waals surface area contributed by atoms with Crippen molar-refractivity contribution in [3.8, 4) is 0 Å². The summed E-state index contributed by atoms with van der Waals surface area (Å²) in [5, 5.41) is 12.2. The highest BCUT2D eigenvalue weighted by molar-refractivity contribution is 7.09. The lowest BCUT2D eigenvalue weighted by Gasteiger charge is -2.31. The highest BCUT2D eigenvalue weighted by atomic mass is 32.1. The van der Waals surface area contributed by atoms with E-state index < -0.39 is 5.97 Å². The molecule has 0 saturated carbocycles. The third kappa shape index (κ3) is 4.02. The first-order chi connectivity index (χ1) is 10.2. The summed E-state index contributed by atoms with van der Waals surface area (Å²) in [4.78, 5) is 17.6. The first-order valence-electron chi connectivity index (χ1n) is 7.69. The fourth-order valence-corrected chi connectivity index (χ4v) is 3.95. The number of aromatic nitrogens is 1. The number of hydrogen-bond donors (Lipinski definition) is 1. The smallest absolute Gasteiger partial charge is 0.306 e. The average Bonchev–Trinajstić information content (AvgIpc) is 3.12. The number of hydrogen-bond acceptors (Lipinski definition) is 5. The van der Waals surface area contributed by atoms with Crippen LogP contribution in [0.3, 0.4) is 0 Å². The van der Waals surface area contributed by atoms with Gasteiger partial charge in [-0.1, -0.05) is 0 Å². The van der Waals surface area contributed by atoms with Crippen molar-refractivity contribution in [3.05, 3.63) is 16.6 Å². The molecule has 0 unspecified atom stereocenters. The van der Waals surface area contributed by atoms with Crippen molar-refractivity contribution in [2.24, 2.45) is 5.92 Å². The average molecular weight is 310 g/mol. The summed E-state index contributed by atoms with van der Waals surface area (Å²) in [6.07, 6.45) is 7.13. The Morgan fingerprint density at radius 3 is 2.76 bits per heavy atom. The molecule has 0 aliphatic carbocycles. The first kappa shape index (κ1) is 14.9. The molecule has 1 N–H and O–H groups in total. The van der Waals surface area contributed by atoms with Crippen molar-refractivity contribution in [3.63, 3.8) is 0 Å². The molecular formula is C15H22N2O3S. The largest absolute Gasteiger partial charge is 0.481 e. The summed E-state index contributed by atoms with van der Waals surface area (Å²) >= 11 is 1.69. The van der Waals surface area contributed by atoms with Gasteiger partial charge in [0.1, 0.15) is 0 Å². The maximum atomic E-state index is 11.0. The predicted octanol–water partition coefficient (Wildman–Crippen LogP) is 2.03. The van der Waals surface area contributed by atoms with Gasteiger partial charge in [0.2, 0.25) is 0 Å². The van der Waals surface area contributed by atoms with Crippen LogP contribution in [-0.4, -0.2) is 52.8 Å². The number of ether oxygens (including phenoxy) is 1. The Hall–Kier alpha value is -0.980. The molecule has 2 aliphatic heterocycles. The molecule has 1 aromatic heterocycles. The topological polar surface area (TPSA) is 62.7 Å². The van der Waals surface area contributed by atoms with Crippen LogP contribution in [0, 0.1) is 5.92 Å². The van der Waals surface area contributed by atoms with Crippen LogP contribution in [0.2, 0.25) is 0 Å². The maximum absolute atomic E-state index is 11.0. The molecule has 5 nitrogen and oxygen atoms in total. The van der Waals surface area contributed by atoms with Crippen molar-refractivity contribution in [2.45, 2.75) is 44.3 Å². The van der Waals surface area contributed by atoms with E-state index in [0.717, 1.165) is 56.7 Å². The van der Waals surface area contributed by atoms with Crippen LogP contribution in [-0.2, 0) is 16.0 Å². The molecule has 6 heteroatoms. The van der Waals surface area contributed by atoms with Crippen molar-refractivity contribution in [1.29, 1.82) is 0 Å². The number of thiazole rings is 1. The Labute approximate surface area is 128 Å². The summed E-state index contributed by atoms with van der Waals surface area (Å²) in [7, 11) is 0. The molecule has 0 spiro atoms. The van der Waals surface area contributed by atoms with Crippen LogP contribution in [0.5, 0.6) is 0 Å². The summed E-state index contributed by atoms with van der Waals surface area (Å²) in [6.45, 7) is 2.71. The lowest BCUT2D eigenvalue weighted by Crippen LogP contribution is -2.40. The lowest BCUT2D eigenvalue weighted by molar-refractivity contribution is -0.143. The van der Waals surface area contributed by atoms with Crippen LogP contribution >= 0.6 is 11.3 Å². The molecule has 2 fully saturated rings. The van der Waals surface area contributed by atoms with Gasteiger partial charge < -0.3 is 14.7 Å². The SMILES string of the molecule is O=C(O)C1CCN(C[C@H]2CC[C@@H](Cc3nccs3)O2)CC1. The van der Waals surface area contributed by atoms with E-state index in [0.29, 0.717) is 12.2 Å². The van der Waals surface area contributed by atoms with E-state index in [9.17, 15) is 4.79 Å². The van der Waals surface area contributed by atoms with Crippen molar-refractivity contribution >= 4 is 17.3 Å². The van der Waals surface area contributed by atoms with E-state index >= 15 is 0 Å². The second-order valence-corrected chi connectivity index (χ2v) is 6.98. The van der Waals surface area contributed by atoms with Crippen molar-refractivity contribution in [2.75, 3.05) is 19.6 Å². The lowest BCUT2D eigenvalue weighted by atomic mass is 9.97. The van der Waals surface area contributed by atoms with Crippen LogP contribution in [0.15, 0.2) is 11.6 Å². The molecule has 2 saturated heterocycles. The molecule has 0 bridgehead atoms. The van der Waals surface area contributed by atoms with Crippen LogP contribution < -0.4 is 0 Å². The van der Waals surface area contributed by atoms with Gasteiger partial charge in [0.05, 0.1) is 23.1 Å². The minimum absolute atomic E-state index is 0.150. The Morgan fingerprint density at radius 2 is 2.10 bits per heavy atom. The highest BCUT2D eigenvalue weighted by Crippen LogP contribution is 2.25. The van der Waals surface area contributed by atoms with Gasteiger partial charge in [-0.25, -0.2) is 4.98 Å². The quantitative estimate of drug-likeness (QED) is 0.901. The Bertz CT molecular complexity index is 457. The second-order valence-electron chi connectivity index (χ2n) is 6.00. The number of rotatable bonds is 5. The van der Waals surface area contributed by atoms with Gasteiger partial charge in [-0.15, -0.1) is 11.3 Å². The molecule has 3 rings (SSSR count). The van der Waals surface area contributed by atoms with E-state index in [1.54, 1.807) is 11.3 Å². The second kappa shape index (κ2) is 6.85. The predicted molar refractivity (Wildman–Crippen MR) is 80.5 cm³/mol. The van der Waals surface area contributed by atoms with Crippen molar-refractivity contribution < 1.29 is 14.6 Å². The molecule has 0 amide bonds. The molecular weight excluding hydrogens is 288 g/mol. The van der Waals surface area contributed by atoms with E-state index in [1.165, 1.54) is 0 Å². The third-order valence-corrected chi connectivity index (χ3v) is 5.28. The standard InChI is InChI=1S/C15H22N2O3S/c18-15(19)11-3-6-17(7-4-11)10-13-2-1-12(20-13)9-14-16-5-8-21-14/h5,8,11-13H,1-4,6-7,9-10H2,(H,18,19)/t12-,13+/m0/s1. The minimum Gasteiger partial charge on any atom is -0.481 e. The fourth-order valence-electron chi connectivity index (χ4n) is 3.26. The molecule has 0 aromatic carbocycles. The van der Waals surface area contributed by atoms with Gasteiger partial charge in [-0.05, 0) is 38.8 Å². The van der Waals surface area contributed by atoms with Gasteiger partial charge in [0.15, 0.2) is 0 Å². The van der Waals surface area contributed by atoms with E-state index in [2.05, 4.69) is 9.88 Å². The molecule has 21 heavy (non-hydrogen) atoms. The normalized spacial score (nSPS) is 28.0. The molecule has 2 atom stereocenters. The fraction of sp³-hybridized carbons (Fsp3) is 0.733. The van der Waals surface area contributed by atoms with Gasteiger partial charge in [0.25, 0.3) is 0 Å². The first-order valence-corrected chi connectivity index (χ1v) is 8.57. The number of nitrogens with zero attached hydrogens (tertiary/aromatic N) is 2. The number of aliphatic carboxylic acids is 1. The van der Waals surface area contributed by atoms with Gasteiger partial charge in [-0.3, -0.25) is 4.79 Å². The zero-order chi connectivity index (χ0) is 14.7. The van der Waals surface area contributed by atoms with Crippen molar-refractivity contribution in [1.82, 2.24) is 9.88 Å². The highest BCUT2D eigenvalue weighted by Gasteiger charge is 2.30. The monoisotopic (exact) mass is 310 g/mol. The molecule has 116 valence electrons. The molecule has 0 radical (unpaired) electrons. The third-order valence-electron chi connectivity index (χ3n) is 4.48. The van der Waals surface area contributed by atoms with E-state index in [1.807, 2.05) is 11.6 Å². The van der Waals surface area contributed by atoms with Crippen LogP contribution in [0.25, 0.3) is 0 Å². The van der Waals surface area contributed by atoms with E-state index in [4.69, 9.17) is 9.84 Å². The summed E-state index contributed by atoms with van der Waals surface area (Å²) in [6, 6.07) is 0. The summed E-state index contributed by atoms with van der Waals surface area (Å²) in [5.74, 6) is -0.793. The number of piperidine rings is 1. The zero-order valence-corrected chi connectivity index (χ0v) is 12.9. The van der Waals surface area contributed by atoms with Crippen LogP contribution in [0.1, 0.15) is 30.7 Å². The zero-order valence-electron chi connectivity index (χ0n) is 12.1. The molecule has 3 heterocycles. The Balaban J connectivity index is 1.40. The van der Waals surface area contributed by atoms with E-state index in [-0.39, 0.29) is 5.92 Å². The van der Waals surface area contributed by atoms with Gasteiger partial charge in [-0.2, -0.15) is 0 Å². The number of carboxylic acids is 1. The molecule has 1 aromatic rings. The summed E-state index contributed by atoms with van der Waals surface area (Å²) < 4.78 is 6.12.